The maximum atomic E-state index is 4.31. The van der Waals surface area contributed by atoms with Crippen LogP contribution >= 0.6 is 0 Å². The van der Waals surface area contributed by atoms with Gasteiger partial charge in [0, 0.05) is 12.6 Å². The maximum Gasteiger partial charge on any atom is 0.191 e. The number of hydrogen-bond donors (Lipinski definition) is 2. The molecule has 1 heterocycles. The van der Waals surface area contributed by atoms with Gasteiger partial charge >= 0.3 is 0 Å². The molecule has 2 rings (SSSR count). The van der Waals surface area contributed by atoms with Crippen LogP contribution in [0.2, 0.25) is 0 Å². The summed E-state index contributed by atoms with van der Waals surface area (Å²) in [6.45, 7) is 4.18. The van der Waals surface area contributed by atoms with Crippen molar-refractivity contribution in [3.05, 3.63) is 0 Å². The molecular weight excluding hydrogens is 138 g/mol. The van der Waals surface area contributed by atoms with Crippen LogP contribution in [0.4, 0.5) is 0 Å². The van der Waals surface area contributed by atoms with Crippen LogP contribution in [0.15, 0.2) is 4.99 Å². The van der Waals surface area contributed by atoms with Crippen LogP contribution < -0.4 is 10.6 Å². The fourth-order valence-corrected chi connectivity index (χ4v) is 1.22. The Morgan fingerprint density at radius 1 is 1.64 bits per heavy atom. The Morgan fingerprint density at radius 2 is 2.45 bits per heavy atom. The van der Waals surface area contributed by atoms with Crippen LogP contribution in [0.3, 0.4) is 0 Å². The van der Waals surface area contributed by atoms with Gasteiger partial charge in [-0.2, -0.15) is 0 Å². The van der Waals surface area contributed by atoms with Crippen molar-refractivity contribution in [2.75, 3.05) is 13.1 Å². The minimum absolute atomic E-state index is 0.525. The molecule has 1 aliphatic heterocycles. The first-order valence-electron chi connectivity index (χ1n) is 4.39. The molecule has 0 bridgehead atoms. The van der Waals surface area contributed by atoms with E-state index in [4.69, 9.17) is 0 Å². The number of nitrogens with zero attached hydrogens (tertiary/aromatic N) is 1. The van der Waals surface area contributed by atoms with E-state index in [2.05, 4.69) is 22.5 Å². The molecule has 2 aliphatic rings. The van der Waals surface area contributed by atoms with Crippen molar-refractivity contribution in [3.63, 3.8) is 0 Å². The third-order valence-corrected chi connectivity index (χ3v) is 2.16. The quantitative estimate of drug-likeness (QED) is 0.600. The predicted molar refractivity (Wildman–Crippen MR) is 45.6 cm³/mol. The van der Waals surface area contributed by atoms with Crippen LogP contribution in [-0.4, -0.2) is 25.1 Å². The van der Waals surface area contributed by atoms with E-state index in [-0.39, 0.29) is 0 Å². The highest BCUT2D eigenvalue weighted by Gasteiger charge is 2.22. The second-order valence-corrected chi connectivity index (χ2v) is 3.56. The molecule has 2 N–H and O–H groups in total. The Kier molecular flexibility index (Phi) is 1.72. The van der Waals surface area contributed by atoms with Crippen LogP contribution in [0, 0.1) is 5.92 Å². The molecule has 0 aromatic carbocycles. The Hall–Kier alpha value is -0.730. The Morgan fingerprint density at radius 3 is 3.00 bits per heavy atom. The average Bonchev–Trinajstić information content (AvgIpc) is 2.72. The van der Waals surface area contributed by atoms with Gasteiger partial charge in [-0.25, -0.2) is 0 Å². The van der Waals surface area contributed by atoms with E-state index in [0.717, 1.165) is 25.0 Å². The van der Waals surface area contributed by atoms with E-state index in [1.807, 2.05) is 0 Å². The molecule has 0 aromatic heterocycles. The third-order valence-electron chi connectivity index (χ3n) is 2.16. The molecule has 0 saturated heterocycles. The van der Waals surface area contributed by atoms with Gasteiger partial charge in [0.05, 0.1) is 6.54 Å². The van der Waals surface area contributed by atoms with Crippen molar-refractivity contribution in [1.82, 2.24) is 10.6 Å². The first kappa shape index (κ1) is 6.95. The van der Waals surface area contributed by atoms with Gasteiger partial charge in [0.25, 0.3) is 0 Å². The second kappa shape index (κ2) is 2.72. The molecular formula is C8H15N3. The zero-order chi connectivity index (χ0) is 7.68. The smallest absolute Gasteiger partial charge is 0.191 e. The van der Waals surface area contributed by atoms with Crippen molar-refractivity contribution in [2.45, 2.75) is 25.8 Å². The lowest BCUT2D eigenvalue weighted by Gasteiger charge is -2.07. The number of aliphatic imine (C=N–C) groups is 1. The topological polar surface area (TPSA) is 36.4 Å². The molecule has 3 heteroatoms. The number of rotatable bonds is 2. The van der Waals surface area contributed by atoms with Crippen LogP contribution in [0.1, 0.15) is 19.8 Å². The molecule has 0 radical (unpaired) electrons. The van der Waals surface area contributed by atoms with Gasteiger partial charge in [-0.3, -0.25) is 4.99 Å². The maximum absolute atomic E-state index is 4.31. The van der Waals surface area contributed by atoms with Gasteiger partial charge in [-0.05, 0) is 25.7 Å². The highest BCUT2D eigenvalue weighted by atomic mass is 15.2. The van der Waals surface area contributed by atoms with Crippen molar-refractivity contribution in [1.29, 1.82) is 0 Å². The van der Waals surface area contributed by atoms with Crippen LogP contribution in [-0.2, 0) is 0 Å². The number of guanidine groups is 1. The van der Waals surface area contributed by atoms with E-state index >= 15 is 0 Å². The molecule has 0 spiro atoms. The summed E-state index contributed by atoms with van der Waals surface area (Å²) < 4.78 is 0. The molecule has 1 fully saturated rings. The van der Waals surface area contributed by atoms with Gasteiger partial charge in [-0.15, -0.1) is 0 Å². The molecule has 1 atom stereocenters. The normalized spacial score (nSPS) is 29.5. The largest absolute Gasteiger partial charge is 0.356 e. The van der Waals surface area contributed by atoms with Crippen molar-refractivity contribution in [3.8, 4) is 0 Å². The Labute approximate surface area is 67.3 Å². The lowest BCUT2D eigenvalue weighted by Crippen LogP contribution is -2.38. The third kappa shape index (κ3) is 1.85. The molecule has 0 aromatic rings. The molecule has 11 heavy (non-hydrogen) atoms. The van der Waals surface area contributed by atoms with Crippen molar-refractivity contribution in [2.24, 2.45) is 10.9 Å². The summed E-state index contributed by atoms with van der Waals surface area (Å²) in [5, 5.41) is 6.59. The predicted octanol–water partition coefficient (Wildman–Crippen LogP) is 0.334. The van der Waals surface area contributed by atoms with Crippen molar-refractivity contribution >= 4 is 5.96 Å². The highest BCUT2D eigenvalue weighted by Crippen LogP contribution is 2.27. The summed E-state index contributed by atoms with van der Waals surface area (Å²) >= 11 is 0. The SMILES string of the molecule is CC1CN=C(NCC2CC2)N1. The second-order valence-electron chi connectivity index (χ2n) is 3.56. The Balaban J connectivity index is 1.69. The number of hydrogen-bond acceptors (Lipinski definition) is 3. The summed E-state index contributed by atoms with van der Waals surface area (Å²) in [6, 6.07) is 0.525. The molecule has 62 valence electrons. The van der Waals surface area contributed by atoms with E-state index in [1.54, 1.807) is 0 Å². The summed E-state index contributed by atoms with van der Waals surface area (Å²) in [4.78, 5) is 4.31. The number of nitrogens with one attached hydrogen (secondary N) is 2. The van der Waals surface area contributed by atoms with Crippen LogP contribution in [0.5, 0.6) is 0 Å². The van der Waals surface area contributed by atoms with Gasteiger partial charge in [0.2, 0.25) is 0 Å². The first-order valence-corrected chi connectivity index (χ1v) is 4.39. The average molecular weight is 153 g/mol. The minimum Gasteiger partial charge on any atom is -0.356 e. The summed E-state index contributed by atoms with van der Waals surface area (Å²) in [5.74, 6) is 1.93. The van der Waals surface area contributed by atoms with Gasteiger partial charge < -0.3 is 10.6 Å². The molecule has 0 amide bonds. The summed E-state index contributed by atoms with van der Waals surface area (Å²) in [7, 11) is 0. The zero-order valence-corrected chi connectivity index (χ0v) is 6.93. The van der Waals surface area contributed by atoms with Crippen LogP contribution in [0.25, 0.3) is 0 Å². The minimum atomic E-state index is 0.525. The Bertz CT molecular complexity index is 172. The van der Waals surface area contributed by atoms with E-state index in [0.29, 0.717) is 6.04 Å². The molecule has 1 aliphatic carbocycles. The van der Waals surface area contributed by atoms with Gasteiger partial charge in [0.1, 0.15) is 0 Å². The molecule has 3 nitrogen and oxygen atoms in total. The van der Waals surface area contributed by atoms with Crippen molar-refractivity contribution < 1.29 is 0 Å². The first-order chi connectivity index (χ1) is 5.34. The van der Waals surface area contributed by atoms with E-state index < -0.39 is 0 Å². The fourth-order valence-electron chi connectivity index (χ4n) is 1.22. The van der Waals surface area contributed by atoms with E-state index in [9.17, 15) is 0 Å². The van der Waals surface area contributed by atoms with Gasteiger partial charge in [-0.1, -0.05) is 0 Å². The van der Waals surface area contributed by atoms with E-state index in [1.165, 1.54) is 12.8 Å². The molecule has 1 unspecified atom stereocenters. The molecule has 1 saturated carbocycles. The summed E-state index contributed by atoms with van der Waals surface area (Å²) in [6.07, 6.45) is 2.80. The fraction of sp³-hybridized carbons (Fsp3) is 0.875. The van der Waals surface area contributed by atoms with Gasteiger partial charge in [0.15, 0.2) is 5.96 Å². The zero-order valence-electron chi connectivity index (χ0n) is 6.93. The lowest BCUT2D eigenvalue weighted by molar-refractivity contribution is 0.702. The lowest BCUT2D eigenvalue weighted by atomic mass is 10.4. The summed E-state index contributed by atoms with van der Waals surface area (Å²) in [5.41, 5.74) is 0. The monoisotopic (exact) mass is 153 g/mol. The highest BCUT2D eigenvalue weighted by molar-refractivity contribution is 5.81. The standard InChI is InChI=1S/C8H15N3/c1-6-4-9-8(11-6)10-5-7-2-3-7/h6-7H,2-5H2,1H3,(H2,9,10,11).